The molecular formula is C25H28N4O4. The molecule has 0 aromatic heterocycles. The van der Waals surface area contributed by atoms with E-state index in [4.69, 9.17) is 0 Å². The number of aliphatic hydroxyl groups is 1. The summed E-state index contributed by atoms with van der Waals surface area (Å²) >= 11 is 0. The van der Waals surface area contributed by atoms with Crippen molar-refractivity contribution in [2.24, 2.45) is 0 Å². The number of carbonyl (C=O) groups is 3. The third kappa shape index (κ3) is 4.67. The zero-order valence-corrected chi connectivity index (χ0v) is 18.9. The van der Waals surface area contributed by atoms with Crippen molar-refractivity contribution in [1.29, 1.82) is 0 Å². The first kappa shape index (κ1) is 22.7. The fraction of sp³-hybridized carbons (Fsp3) is 0.320. The molecule has 1 fully saturated rings. The second kappa shape index (κ2) is 9.56. The number of β-amino-alcohol motifs (C(OH)–C–C–N with tert-alkyl or cyclic N) is 1. The number of carbonyl (C=O) groups excluding carboxylic acids is 3. The predicted molar refractivity (Wildman–Crippen MR) is 126 cm³/mol. The summed E-state index contributed by atoms with van der Waals surface area (Å²) in [6, 6.07) is 14.3. The number of nitrogens with zero attached hydrogens (tertiary/aromatic N) is 3. The van der Waals surface area contributed by atoms with Gasteiger partial charge in [-0.1, -0.05) is 24.3 Å². The van der Waals surface area contributed by atoms with E-state index in [1.165, 1.54) is 11.8 Å². The van der Waals surface area contributed by atoms with Gasteiger partial charge in [-0.25, -0.2) is 4.90 Å². The number of rotatable bonds is 6. The average molecular weight is 449 g/mol. The number of aliphatic hydroxyl groups excluding tert-OH is 1. The van der Waals surface area contributed by atoms with Gasteiger partial charge in [-0.05, 0) is 42.3 Å². The van der Waals surface area contributed by atoms with Crippen LogP contribution in [0.3, 0.4) is 0 Å². The van der Waals surface area contributed by atoms with E-state index >= 15 is 0 Å². The van der Waals surface area contributed by atoms with Gasteiger partial charge in [0.15, 0.2) is 0 Å². The molecule has 8 nitrogen and oxygen atoms in total. The molecule has 0 aliphatic carbocycles. The summed E-state index contributed by atoms with van der Waals surface area (Å²) in [5.41, 5.74) is 3.53. The van der Waals surface area contributed by atoms with Crippen molar-refractivity contribution in [3.63, 3.8) is 0 Å². The van der Waals surface area contributed by atoms with E-state index in [1.54, 1.807) is 30.3 Å². The Morgan fingerprint density at radius 3 is 2.30 bits per heavy atom. The number of hydrogen-bond donors (Lipinski definition) is 2. The Morgan fingerprint density at radius 1 is 1.00 bits per heavy atom. The number of hydrogen-bond acceptors (Lipinski definition) is 6. The Bertz CT molecular complexity index is 1100. The van der Waals surface area contributed by atoms with Gasteiger partial charge in [0, 0.05) is 45.3 Å². The highest BCUT2D eigenvalue weighted by Crippen LogP contribution is 2.35. The quantitative estimate of drug-likeness (QED) is 0.656. The van der Waals surface area contributed by atoms with Gasteiger partial charge >= 0.3 is 0 Å². The maximum Gasteiger partial charge on any atom is 0.282 e. The maximum atomic E-state index is 13.6. The van der Waals surface area contributed by atoms with Crippen LogP contribution in [0.5, 0.6) is 0 Å². The van der Waals surface area contributed by atoms with Gasteiger partial charge in [0.1, 0.15) is 5.70 Å². The normalized spacial score (nSPS) is 17.2. The van der Waals surface area contributed by atoms with Gasteiger partial charge < -0.3 is 15.3 Å². The molecule has 2 aliphatic rings. The highest BCUT2D eigenvalue weighted by molar-refractivity contribution is 6.45. The van der Waals surface area contributed by atoms with Crippen LogP contribution in [0.4, 0.5) is 11.4 Å². The average Bonchev–Trinajstić information content (AvgIpc) is 3.05. The molecule has 172 valence electrons. The lowest BCUT2D eigenvalue weighted by atomic mass is 10.0. The third-order valence-electron chi connectivity index (χ3n) is 5.92. The molecule has 8 heteroatoms. The fourth-order valence-corrected chi connectivity index (χ4v) is 4.33. The van der Waals surface area contributed by atoms with E-state index in [9.17, 15) is 19.5 Å². The lowest BCUT2D eigenvalue weighted by Gasteiger charge is -2.36. The van der Waals surface area contributed by atoms with Crippen molar-refractivity contribution in [2.45, 2.75) is 13.8 Å². The van der Waals surface area contributed by atoms with Crippen LogP contribution in [0, 0.1) is 6.92 Å². The van der Waals surface area contributed by atoms with Crippen molar-refractivity contribution in [1.82, 2.24) is 9.80 Å². The minimum atomic E-state index is -0.356. The fourth-order valence-electron chi connectivity index (χ4n) is 4.33. The zero-order chi connectivity index (χ0) is 23.5. The minimum absolute atomic E-state index is 0.0904. The van der Waals surface area contributed by atoms with Crippen molar-refractivity contribution in [2.75, 3.05) is 49.5 Å². The molecule has 0 saturated carbocycles. The topological polar surface area (TPSA) is 93.2 Å². The summed E-state index contributed by atoms with van der Waals surface area (Å²) in [7, 11) is 0. The minimum Gasteiger partial charge on any atom is -0.395 e. The van der Waals surface area contributed by atoms with Crippen LogP contribution < -0.4 is 10.2 Å². The molecule has 1 saturated heterocycles. The monoisotopic (exact) mass is 448 g/mol. The van der Waals surface area contributed by atoms with Crippen LogP contribution >= 0.6 is 0 Å². The number of nitrogens with one attached hydrogen (secondary N) is 1. The first-order valence-electron chi connectivity index (χ1n) is 11.0. The van der Waals surface area contributed by atoms with Gasteiger partial charge in [0.05, 0.1) is 17.9 Å². The van der Waals surface area contributed by atoms with E-state index in [1.807, 2.05) is 30.0 Å². The van der Waals surface area contributed by atoms with Crippen molar-refractivity contribution >= 4 is 34.7 Å². The molecule has 2 aliphatic heterocycles. The van der Waals surface area contributed by atoms with E-state index in [-0.39, 0.29) is 24.3 Å². The lowest BCUT2D eigenvalue weighted by molar-refractivity contribution is -0.121. The van der Waals surface area contributed by atoms with Crippen LogP contribution in [0.1, 0.15) is 18.1 Å². The highest BCUT2D eigenvalue weighted by atomic mass is 16.3. The number of benzene rings is 2. The largest absolute Gasteiger partial charge is 0.395 e. The molecule has 0 unspecified atom stereocenters. The molecular weight excluding hydrogens is 420 g/mol. The number of imide groups is 1. The van der Waals surface area contributed by atoms with E-state index < -0.39 is 0 Å². The van der Waals surface area contributed by atoms with Gasteiger partial charge in [0.25, 0.3) is 11.8 Å². The number of anilines is 2. The first-order valence-corrected chi connectivity index (χ1v) is 11.0. The molecule has 2 N–H and O–H groups in total. The van der Waals surface area contributed by atoms with Gasteiger partial charge in [-0.15, -0.1) is 0 Å². The van der Waals surface area contributed by atoms with Crippen LogP contribution in [-0.2, 0) is 14.4 Å². The molecule has 3 amide bonds. The number of aryl methyl sites for hydroxylation is 1. The molecule has 0 bridgehead atoms. The Balaban J connectivity index is 1.72. The van der Waals surface area contributed by atoms with Crippen LogP contribution in [0.15, 0.2) is 54.2 Å². The van der Waals surface area contributed by atoms with Gasteiger partial charge in [-0.3, -0.25) is 19.3 Å². The number of piperazine rings is 1. The van der Waals surface area contributed by atoms with E-state index in [0.717, 1.165) is 5.56 Å². The molecule has 2 aromatic carbocycles. The smallest absolute Gasteiger partial charge is 0.282 e. The van der Waals surface area contributed by atoms with Crippen molar-refractivity contribution in [3.8, 4) is 0 Å². The van der Waals surface area contributed by atoms with Gasteiger partial charge in [-0.2, -0.15) is 0 Å². The second-order valence-electron chi connectivity index (χ2n) is 8.32. The van der Waals surface area contributed by atoms with E-state index in [2.05, 4.69) is 10.2 Å². The highest BCUT2D eigenvalue weighted by Gasteiger charge is 2.43. The Labute approximate surface area is 193 Å². The molecule has 0 spiro atoms. The number of amides is 3. The molecule has 0 radical (unpaired) electrons. The molecule has 0 atom stereocenters. The van der Waals surface area contributed by atoms with E-state index in [0.29, 0.717) is 60.9 Å². The molecule has 2 heterocycles. The van der Waals surface area contributed by atoms with Crippen LogP contribution in [0.2, 0.25) is 0 Å². The van der Waals surface area contributed by atoms with Crippen molar-refractivity contribution < 1.29 is 19.5 Å². The SMILES string of the molecule is CC(=O)Nc1ccc(C2=C(N3CCN(CCO)CC3)C(=O)N(c3cccc(C)c3)C2=O)cc1. The summed E-state index contributed by atoms with van der Waals surface area (Å²) in [5.74, 6) is -0.867. The van der Waals surface area contributed by atoms with Crippen LogP contribution in [-0.4, -0.2) is 72.0 Å². The Kier molecular flexibility index (Phi) is 6.57. The molecule has 4 rings (SSSR count). The van der Waals surface area contributed by atoms with Crippen molar-refractivity contribution in [3.05, 3.63) is 65.4 Å². The predicted octanol–water partition coefficient (Wildman–Crippen LogP) is 1.85. The summed E-state index contributed by atoms with van der Waals surface area (Å²) in [6.07, 6.45) is 0. The summed E-state index contributed by atoms with van der Waals surface area (Å²) < 4.78 is 0. The maximum absolute atomic E-state index is 13.6. The zero-order valence-electron chi connectivity index (χ0n) is 18.9. The molecule has 2 aromatic rings. The standard InChI is InChI=1S/C25H28N4O4/c1-17-4-3-5-21(16-17)29-24(32)22(19-6-8-20(9-7-19)26-18(2)31)23(25(29)33)28-12-10-27(11-13-28)14-15-30/h3-9,16,30H,10-15H2,1-2H3,(H,26,31). The van der Waals surface area contributed by atoms with Gasteiger partial charge in [0.2, 0.25) is 5.91 Å². The summed E-state index contributed by atoms with van der Waals surface area (Å²) in [4.78, 5) is 44.0. The summed E-state index contributed by atoms with van der Waals surface area (Å²) in [6.45, 7) is 6.61. The third-order valence-corrected chi connectivity index (χ3v) is 5.92. The summed E-state index contributed by atoms with van der Waals surface area (Å²) in [5, 5.41) is 11.9. The second-order valence-corrected chi connectivity index (χ2v) is 8.32. The Hall–Kier alpha value is -3.49. The lowest BCUT2D eigenvalue weighted by Crippen LogP contribution is -2.48. The Morgan fingerprint density at radius 2 is 1.70 bits per heavy atom. The molecule has 33 heavy (non-hydrogen) atoms. The first-order chi connectivity index (χ1) is 15.9. The van der Waals surface area contributed by atoms with Crippen LogP contribution in [0.25, 0.3) is 5.57 Å².